The third-order valence-corrected chi connectivity index (χ3v) is 4.91. The van der Waals surface area contributed by atoms with Crippen LogP contribution in [0, 0.1) is 5.82 Å². The van der Waals surface area contributed by atoms with Gasteiger partial charge < -0.3 is 19.4 Å². The van der Waals surface area contributed by atoms with Gasteiger partial charge in [0.15, 0.2) is 0 Å². The van der Waals surface area contributed by atoms with Gasteiger partial charge in [0.2, 0.25) is 5.88 Å². The molecule has 6 nitrogen and oxygen atoms in total. The van der Waals surface area contributed by atoms with Gasteiger partial charge in [0.1, 0.15) is 24.0 Å². The van der Waals surface area contributed by atoms with Crippen LogP contribution in [-0.2, 0) is 26.7 Å². The zero-order valence-electron chi connectivity index (χ0n) is 16.9. The molecule has 7 heteroatoms. The number of fused-ring (bicyclic) bond motifs is 1. The Labute approximate surface area is 174 Å². The highest BCUT2D eigenvalue weighted by molar-refractivity contribution is 5.81. The van der Waals surface area contributed by atoms with Crippen molar-refractivity contribution in [1.29, 1.82) is 0 Å². The lowest BCUT2D eigenvalue weighted by Crippen LogP contribution is -2.17. The molecule has 1 N–H and O–H groups in total. The van der Waals surface area contributed by atoms with Crippen LogP contribution in [0.15, 0.2) is 60.9 Å². The molecule has 0 radical (unpaired) electrons. The van der Waals surface area contributed by atoms with Crippen molar-refractivity contribution >= 4 is 10.9 Å². The van der Waals surface area contributed by atoms with E-state index in [1.807, 2.05) is 42.1 Å². The number of pyridine rings is 1. The van der Waals surface area contributed by atoms with Crippen molar-refractivity contribution in [1.82, 2.24) is 19.9 Å². The molecule has 0 amide bonds. The fourth-order valence-corrected chi connectivity index (χ4v) is 3.19. The van der Waals surface area contributed by atoms with E-state index in [0.717, 1.165) is 28.0 Å². The largest absolute Gasteiger partial charge is 0.497 e. The van der Waals surface area contributed by atoms with Crippen molar-refractivity contribution in [2.24, 2.45) is 7.05 Å². The number of aromatic nitrogens is 3. The van der Waals surface area contributed by atoms with Crippen LogP contribution < -0.4 is 14.8 Å². The standard InChI is InChI=1S/C23H23FN4O2/c1-28-10-9-26-22(28)14-25-13-18-11-16-7-8-19(29-2)12-21(16)27-23(18)30-15-17-5-3-4-6-20(17)24/h3-12,25H,13-15H2,1-2H3. The molecule has 154 valence electrons. The van der Waals surface area contributed by atoms with Gasteiger partial charge in [0.05, 0.1) is 19.2 Å². The number of ether oxygens (including phenoxy) is 2. The molecule has 0 atom stereocenters. The topological polar surface area (TPSA) is 61.2 Å². The summed E-state index contributed by atoms with van der Waals surface area (Å²) in [7, 11) is 3.57. The Morgan fingerprint density at radius 2 is 1.93 bits per heavy atom. The SMILES string of the molecule is COc1ccc2cc(CNCc3nccn3C)c(OCc3ccccc3F)nc2c1. The molecule has 0 spiro atoms. The Hall–Kier alpha value is -3.45. The van der Waals surface area contributed by atoms with Gasteiger partial charge >= 0.3 is 0 Å². The van der Waals surface area contributed by atoms with Gasteiger partial charge in [0.25, 0.3) is 0 Å². The highest BCUT2D eigenvalue weighted by Crippen LogP contribution is 2.26. The van der Waals surface area contributed by atoms with E-state index in [1.165, 1.54) is 6.07 Å². The average Bonchev–Trinajstić information content (AvgIpc) is 3.17. The van der Waals surface area contributed by atoms with E-state index in [9.17, 15) is 4.39 Å². The molecular formula is C23H23FN4O2. The first-order valence-corrected chi connectivity index (χ1v) is 9.65. The highest BCUT2D eigenvalue weighted by Gasteiger charge is 2.11. The fourth-order valence-electron chi connectivity index (χ4n) is 3.19. The Bertz CT molecular complexity index is 1160. The molecule has 0 aliphatic rings. The summed E-state index contributed by atoms with van der Waals surface area (Å²) in [5.41, 5.74) is 2.13. The highest BCUT2D eigenvalue weighted by atomic mass is 19.1. The number of nitrogens with one attached hydrogen (secondary N) is 1. The molecule has 2 aromatic heterocycles. The van der Waals surface area contributed by atoms with Crippen LogP contribution in [0.25, 0.3) is 10.9 Å². The summed E-state index contributed by atoms with van der Waals surface area (Å²) in [6.45, 7) is 1.24. The summed E-state index contributed by atoms with van der Waals surface area (Å²) in [5.74, 6) is 1.82. The monoisotopic (exact) mass is 406 g/mol. The molecule has 0 fully saturated rings. The second-order valence-electron chi connectivity index (χ2n) is 6.95. The van der Waals surface area contributed by atoms with E-state index >= 15 is 0 Å². The van der Waals surface area contributed by atoms with Crippen molar-refractivity contribution < 1.29 is 13.9 Å². The molecule has 30 heavy (non-hydrogen) atoms. The van der Waals surface area contributed by atoms with Crippen molar-refractivity contribution in [3.63, 3.8) is 0 Å². The van der Waals surface area contributed by atoms with Crippen molar-refractivity contribution in [3.05, 3.63) is 83.7 Å². The summed E-state index contributed by atoms with van der Waals surface area (Å²) >= 11 is 0. The molecule has 2 aromatic carbocycles. The van der Waals surface area contributed by atoms with Crippen LogP contribution in [0.5, 0.6) is 11.6 Å². The number of aryl methyl sites for hydroxylation is 1. The maximum absolute atomic E-state index is 14.0. The number of hydrogen-bond acceptors (Lipinski definition) is 5. The molecule has 4 rings (SSSR count). The van der Waals surface area contributed by atoms with E-state index in [4.69, 9.17) is 9.47 Å². The van der Waals surface area contributed by atoms with Crippen LogP contribution in [0.3, 0.4) is 0 Å². The van der Waals surface area contributed by atoms with Crippen LogP contribution in [0.4, 0.5) is 4.39 Å². The van der Waals surface area contributed by atoms with Gasteiger partial charge in [0, 0.05) is 48.6 Å². The van der Waals surface area contributed by atoms with Crippen LogP contribution in [-0.4, -0.2) is 21.6 Å². The van der Waals surface area contributed by atoms with Crippen molar-refractivity contribution in [2.75, 3.05) is 7.11 Å². The molecule has 0 saturated carbocycles. The lowest BCUT2D eigenvalue weighted by atomic mass is 10.1. The minimum Gasteiger partial charge on any atom is -0.497 e. The predicted octanol–water partition coefficient (Wildman–Crippen LogP) is 3.98. The lowest BCUT2D eigenvalue weighted by Gasteiger charge is -2.14. The smallest absolute Gasteiger partial charge is 0.218 e. The molecule has 0 bridgehead atoms. The summed E-state index contributed by atoms with van der Waals surface area (Å²) < 4.78 is 27.2. The third-order valence-electron chi connectivity index (χ3n) is 4.91. The summed E-state index contributed by atoms with van der Waals surface area (Å²) in [6, 6.07) is 14.3. The number of imidazole rings is 1. The number of halogens is 1. The van der Waals surface area contributed by atoms with Gasteiger partial charge in [-0.3, -0.25) is 0 Å². The van der Waals surface area contributed by atoms with E-state index < -0.39 is 0 Å². The maximum atomic E-state index is 14.0. The molecular weight excluding hydrogens is 383 g/mol. The molecule has 0 aliphatic carbocycles. The Balaban J connectivity index is 1.59. The van der Waals surface area contributed by atoms with E-state index in [2.05, 4.69) is 15.3 Å². The first-order chi connectivity index (χ1) is 14.6. The molecule has 2 heterocycles. The Morgan fingerprint density at radius 3 is 2.70 bits per heavy atom. The normalized spacial score (nSPS) is 11.0. The number of rotatable bonds is 8. The van der Waals surface area contributed by atoms with Gasteiger partial charge in [-0.05, 0) is 24.3 Å². The molecule has 0 saturated heterocycles. The summed E-state index contributed by atoms with van der Waals surface area (Å²) in [6.07, 6.45) is 3.68. The van der Waals surface area contributed by atoms with Gasteiger partial charge in [-0.25, -0.2) is 14.4 Å². The van der Waals surface area contributed by atoms with E-state index in [1.54, 1.807) is 31.5 Å². The second-order valence-corrected chi connectivity index (χ2v) is 6.95. The number of hydrogen-bond donors (Lipinski definition) is 1. The summed E-state index contributed by atoms with van der Waals surface area (Å²) in [5, 5.41) is 4.35. The quantitative estimate of drug-likeness (QED) is 0.480. The van der Waals surface area contributed by atoms with Gasteiger partial charge in [-0.15, -0.1) is 0 Å². The minimum atomic E-state index is -0.297. The second kappa shape index (κ2) is 8.92. The van der Waals surface area contributed by atoms with Crippen LogP contribution in [0.2, 0.25) is 0 Å². The minimum absolute atomic E-state index is 0.0987. The third kappa shape index (κ3) is 4.41. The first-order valence-electron chi connectivity index (χ1n) is 9.65. The fraction of sp³-hybridized carbons (Fsp3) is 0.217. The molecule has 0 unspecified atom stereocenters. The first kappa shape index (κ1) is 19.8. The molecule has 0 aliphatic heterocycles. The number of methoxy groups -OCH3 is 1. The summed E-state index contributed by atoms with van der Waals surface area (Å²) in [4.78, 5) is 9.00. The molecule has 4 aromatic rings. The van der Waals surface area contributed by atoms with E-state index in [-0.39, 0.29) is 12.4 Å². The van der Waals surface area contributed by atoms with Gasteiger partial charge in [-0.2, -0.15) is 0 Å². The van der Waals surface area contributed by atoms with E-state index in [0.29, 0.717) is 24.5 Å². The lowest BCUT2D eigenvalue weighted by molar-refractivity contribution is 0.285. The van der Waals surface area contributed by atoms with Gasteiger partial charge in [-0.1, -0.05) is 18.2 Å². The van der Waals surface area contributed by atoms with Crippen molar-refractivity contribution in [3.8, 4) is 11.6 Å². The van der Waals surface area contributed by atoms with Crippen LogP contribution >= 0.6 is 0 Å². The zero-order chi connectivity index (χ0) is 20.9. The average molecular weight is 406 g/mol. The maximum Gasteiger partial charge on any atom is 0.218 e. The predicted molar refractivity (Wildman–Crippen MR) is 113 cm³/mol. The zero-order valence-corrected chi connectivity index (χ0v) is 16.9. The van der Waals surface area contributed by atoms with Crippen molar-refractivity contribution in [2.45, 2.75) is 19.7 Å². The van der Waals surface area contributed by atoms with Crippen LogP contribution in [0.1, 0.15) is 17.0 Å². The number of nitrogens with zero attached hydrogens (tertiary/aromatic N) is 3. The Morgan fingerprint density at radius 1 is 1.07 bits per heavy atom. The number of benzene rings is 2. The Kier molecular flexibility index (Phi) is 5.90.